The lowest BCUT2D eigenvalue weighted by Crippen LogP contribution is -2.49. The molecule has 36 heavy (non-hydrogen) atoms. The van der Waals surface area contributed by atoms with Gasteiger partial charge < -0.3 is 9.63 Å². The molecule has 0 saturated carbocycles. The third-order valence-corrected chi connectivity index (χ3v) is 6.93. The van der Waals surface area contributed by atoms with Gasteiger partial charge in [0.05, 0.1) is 11.8 Å². The average Bonchev–Trinajstić information content (AvgIpc) is 3.32. The highest BCUT2D eigenvalue weighted by molar-refractivity contribution is 5.71. The van der Waals surface area contributed by atoms with E-state index >= 15 is 0 Å². The Hall–Kier alpha value is -3.84. The minimum atomic E-state index is -0.733. The molecular weight excluding hydrogens is 457 g/mol. The van der Waals surface area contributed by atoms with Gasteiger partial charge in [0.2, 0.25) is 11.7 Å². The number of carboxylic acid groups (broad SMARTS) is 1. The Labute approximate surface area is 209 Å². The minimum absolute atomic E-state index is 0.267. The van der Waals surface area contributed by atoms with Gasteiger partial charge in [-0.05, 0) is 60.2 Å². The molecule has 2 heterocycles. The summed E-state index contributed by atoms with van der Waals surface area (Å²) < 4.78 is 19.8. The molecule has 1 aromatic heterocycles. The third-order valence-electron chi connectivity index (χ3n) is 6.93. The van der Waals surface area contributed by atoms with Crippen LogP contribution >= 0.6 is 0 Å². The second kappa shape index (κ2) is 10.0. The van der Waals surface area contributed by atoms with Gasteiger partial charge in [-0.2, -0.15) is 4.98 Å². The Morgan fingerprint density at radius 3 is 2.50 bits per heavy atom. The van der Waals surface area contributed by atoms with Gasteiger partial charge in [-0.1, -0.05) is 59.8 Å². The minimum Gasteiger partial charge on any atom is -0.481 e. The fourth-order valence-electron chi connectivity index (χ4n) is 4.60. The lowest BCUT2D eigenvalue weighted by molar-refractivity contribution is -0.147. The number of carbonyl (C=O) groups is 1. The summed E-state index contributed by atoms with van der Waals surface area (Å²) in [5.41, 5.74) is 6.25. The number of aryl methyl sites for hydroxylation is 2. The smallest absolute Gasteiger partial charge is 0.309 e. The standard InChI is InChI=1S/C29H28FN3O3/c1-18-6-7-21(12-19(18)2)13-26(23-4-3-5-25(30)14-23)28-31-27(32-36-28)22-10-8-20(9-11-22)15-33-16-24(17-33)29(34)35/h3-12,14,24,26H,13,15-17H2,1-2H3,(H,34,35). The summed E-state index contributed by atoms with van der Waals surface area (Å²) in [6.07, 6.45) is 0.609. The Morgan fingerprint density at radius 1 is 1.06 bits per heavy atom. The van der Waals surface area contributed by atoms with Crippen molar-refractivity contribution in [1.29, 1.82) is 0 Å². The molecule has 184 valence electrons. The van der Waals surface area contributed by atoms with Gasteiger partial charge >= 0.3 is 5.97 Å². The molecule has 1 N–H and O–H groups in total. The van der Waals surface area contributed by atoms with Crippen LogP contribution in [0, 0.1) is 25.6 Å². The van der Waals surface area contributed by atoms with Crippen LogP contribution in [-0.4, -0.2) is 39.2 Å². The lowest BCUT2D eigenvalue weighted by Gasteiger charge is -2.36. The van der Waals surface area contributed by atoms with Crippen LogP contribution in [0.2, 0.25) is 0 Å². The number of halogens is 1. The van der Waals surface area contributed by atoms with Crippen molar-refractivity contribution in [1.82, 2.24) is 15.0 Å². The highest BCUT2D eigenvalue weighted by Gasteiger charge is 2.32. The molecule has 0 spiro atoms. The third kappa shape index (κ3) is 5.21. The summed E-state index contributed by atoms with van der Waals surface area (Å²) in [5.74, 6) is -0.659. The predicted molar refractivity (Wildman–Crippen MR) is 134 cm³/mol. The second-order valence-electron chi connectivity index (χ2n) is 9.61. The van der Waals surface area contributed by atoms with Gasteiger partial charge in [0.15, 0.2) is 0 Å². The highest BCUT2D eigenvalue weighted by Crippen LogP contribution is 2.30. The first-order valence-electron chi connectivity index (χ1n) is 12.1. The van der Waals surface area contributed by atoms with Crippen LogP contribution in [0.3, 0.4) is 0 Å². The fourth-order valence-corrected chi connectivity index (χ4v) is 4.60. The number of nitrogens with zero attached hydrogens (tertiary/aromatic N) is 3. The summed E-state index contributed by atoms with van der Waals surface area (Å²) in [5, 5.41) is 13.3. The number of aromatic nitrogens is 2. The second-order valence-corrected chi connectivity index (χ2v) is 9.61. The zero-order valence-corrected chi connectivity index (χ0v) is 20.3. The fraction of sp³-hybridized carbons (Fsp3) is 0.276. The Bertz CT molecular complexity index is 1380. The van der Waals surface area contributed by atoms with Crippen molar-refractivity contribution in [3.05, 3.63) is 106 Å². The Morgan fingerprint density at radius 2 is 1.81 bits per heavy atom. The molecule has 5 rings (SSSR count). The molecule has 1 saturated heterocycles. The molecule has 1 unspecified atom stereocenters. The van der Waals surface area contributed by atoms with Crippen LogP contribution < -0.4 is 0 Å². The Kier molecular flexibility index (Phi) is 6.65. The van der Waals surface area contributed by atoms with Crippen LogP contribution in [0.1, 0.15) is 39.6 Å². The van der Waals surface area contributed by atoms with Crippen LogP contribution in [-0.2, 0) is 17.8 Å². The number of aliphatic carboxylic acids is 1. The molecule has 1 aliphatic heterocycles. The summed E-state index contributed by atoms with van der Waals surface area (Å²) in [6.45, 7) is 6.02. The van der Waals surface area contributed by atoms with Crippen LogP contribution in [0.25, 0.3) is 11.4 Å². The quantitative estimate of drug-likeness (QED) is 0.361. The maximum atomic E-state index is 14.1. The van der Waals surface area contributed by atoms with Crippen molar-refractivity contribution in [3.8, 4) is 11.4 Å². The summed E-state index contributed by atoms with van der Waals surface area (Å²) >= 11 is 0. The summed E-state index contributed by atoms with van der Waals surface area (Å²) in [6, 6.07) is 20.7. The molecule has 0 aliphatic carbocycles. The first kappa shape index (κ1) is 23.9. The normalized spacial score (nSPS) is 15.0. The number of carboxylic acids is 1. The van der Waals surface area contributed by atoms with E-state index in [9.17, 15) is 9.18 Å². The average molecular weight is 486 g/mol. The van der Waals surface area contributed by atoms with Gasteiger partial charge in [-0.3, -0.25) is 9.69 Å². The van der Waals surface area contributed by atoms with E-state index in [0.717, 1.165) is 22.3 Å². The van der Waals surface area contributed by atoms with Gasteiger partial charge in [0.25, 0.3) is 0 Å². The molecule has 1 fully saturated rings. The van der Waals surface area contributed by atoms with E-state index in [1.165, 1.54) is 23.3 Å². The number of rotatable bonds is 8. The van der Waals surface area contributed by atoms with E-state index in [1.807, 2.05) is 30.3 Å². The molecule has 0 radical (unpaired) electrons. The molecule has 7 heteroatoms. The van der Waals surface area contributed by atoms with E-state index < -0.39 is 5.97 Å². The van der Waals surface area contributed by atoms with Crippen LogP contribution in [0.5, 0.6) is 0 Å². The zero-order valence-electron chi connectivity index (χ0n) is 20.3. The van der Waals surface area contributed by atoms with Gasteiger partial charge in [-0.15, -0.1) is 0 Å². The van der Waals surface area contributed by atoms with Gasteiger partial charge in [-0.25, -0.2) is 4.39 Å². The van der Waals surface area contributed by atoms with Crippen molar-refractivity contribution >= 4 is 5.97 Å². The van der Waals surface area contributed by atoms with E-state index in [4.69, 9.17) is 14.6 Å². The summed E-state index contributed by atoms with van der Waals surface area (Å²) in [7, 11) is 0. The molecule has 1 aliphatic rings. The van der Waals surface area contributed by atoms with E-state index in [0.29, 0.717) is 37.8 Å². The van der Waals surface area contributed by atoms with Crippen molar-refractivity contribution in [2.24, 2.45) is 5.92 Å². The highest BCUT2D eigenvalue weighted by atomic mass is 19.1. The zero-order chi connectivity index (χ0) is 25.2. The topological polar surface area (TPSA) is 79.5 Å². The van der Waals surface area contributed by atoms with Crippen molar-refractivity contribution in [3.63, 3.8) is 0 Å². The monoisotopic (exact) mass is 485 g/mol. The van der Waals surface area contributed by atoms with E-state index in [2.05, 4.69) is 42.1 Å². The molecule has 4 aromatic rings. The molecule has 0 amide bonds. The SMILES string of the molecule is Cc1ccc(CC(c2cccc(F)c2)c2nc(-c3ccc(CN4CC(C(=O)O)C4)cc3)no2)cc1C. The molecular formula is C29H28FN3O3. The maximum Gasteiger partial charge on any atom is 0.309 e. The lowest BCUT2D eigenvalue weighted by atomic mass is 9.90. The summed E-state index contributed by atoms with van der Waals surface area (Å²) in [4.78, 5) is 17.8. The number of hydrogen-bond acceptors (Lipinski definition) is 5. The maximum absolute atomic E-state index is 14.1. The van der Waals surface area contributed by atoms with Crippen molar-refractivity contribution < 1.29 is 18.8 Å². The predicted octanol–water partition coefficient (Wildman–Crippen LogP) is 5.38. The molecule has 0 bridgehead atoms. The van der Waals surface area contributed by atoms with Gasteiger partial charge in [0.1, 0.15) is 5.82 Å². The number of benzene rings is 3. The van der Waals surface area contributed by atoms with E-state index in [-0.39, 0.29) is 17.7 Å². The molecule has 1 atom stereocenters. The van der Waals surface area contributed by atoms with Crippen LogP contribution in [0.15, 0.2) is 71.3 Å². The first-order valence-corrected chi connectivity index (χ1v) is 12.1. The number of likely N-dealkylation sites (tertiary alicyclic amines) is 1. The largest absolute Gasteiger partial charge is 0.481 e. The number of hydrogen-bond donors (Lipinski definition) is 1. The molecule has 3 aromatic carbocycles. The molecule has 6 nitrogen and oxygen atoms in total. The van der Waals surface area contributed by atoms with Crippen LogP contribution in [0.4, 0.5) is 4.39 Å². The van der Waals surface area contributed by atoms with Gasteiger partial charge in [0, 0.05) is 25.2 Å². The van der Waals surface area contributed by atoms with Crippen molar-refractivity contribution in [2.45, 2.75) is 32.7 Å². The van der Waals surface area contributed by atoms with E-state index in [1.54, 1.807) is 6.07 Å². The van der Waals surface area contributed by atoms with Crippen molar-refractivity contribution in [2.75, 3.05) is 13.1 Å². The Balaban J connectivity index is 1.35. The first-order chi connectivity index (χ1) is 17.4.